The minimum absolute atomic E-state index is 0.0362. The van der Waals surface area contributed by atoms with Gasteiger partial charge in [-0.2, -0.15) is 0 Å². The van der Waals surface area contributed by atoms with Crippen molar-refractivity contribution >= 4 is 39.7 Å². The summed E-state index contributed by atoms with van der Waals surface area (Å²) in [7, 11) is 0. The number of non-ortho nitro benzene ring substituents is 1. The van der Waals surface area contributed by atoms with E-state index < -0.39 is 4.92 Å². The van der Waals surface area contributed by atoms with Gasteiger partial charge in [-0.15, -0.1) is 10.2 Å². The summed E-state index contributed by atoms with van der Waals surface area (Å²) < 4.78 is 1.80. The van der Waals surface area contributed by atoms with Crippen LogP contribution in [0.1, 0.15) is 5.56 Å². The third-order valence-electron chi connectivity index (χ3n) is 3.74. The lowest BCUT2D eigenvalue weighted by Crippen LogP contribution is -2.23. The predicted molar refractivity (Wildman–Crippen MR) is 99.5 cm³/mol. The van der Waals surface area contributed by atoms with E-state index in [1.54, 1.807) is 42.5 Å². The molecule has 0 bridgehead atoms. The van der Waals surface area contributed by atoms with Gasteiger partial charge in [0.1, 0.15) is 0 Å². The summed E-state index contributed by atoms with van der Waals surface area (Å²) in [6.45, 7) is 0. The zero-order valence-electron chi connectivity index (χ0n) is 13.0. The van der Waals surface area contributed by atoms with Gasteiger partial charge in [-0.1, -0.05) is 47.2 Å². The van der Waals surface area contributed by atoms with Gasteiger partial charge >= 0.3 is 0 Å². The zero-order chi connectivity index (χ0) is 18.3. The Balaban J connectivity index is 1.90. The van der Waals surface area contributed by atoms with Crippen molar-refractivity contribution in [1.29, 1.82) is 0 Å². The van der Waals surface area contributed by atoms with E-state index in [2.05, 4.69) is 10.2 Å². The SMILES string of the molecule is O=c1c(=Cc2cccc([N+](=O)[O-])c2)sc2nnc(-c3ccccc3Cl)n12. The second kappa shape index (κ2) is 6.32. The van der Waals surface area contributed by atoms with Crippen molar-refractivity contribution in [3.05, 3.63) is 84.1 Å². The summed E-state index contributed by atoms with van der Waals surface area (Å²) in [6.07, 6.45) is 1.60. The molecule has 0 amide bonds. The first-order valence-electron chi connectivity index (χ1n) is 7.43. The summed E-state index contributed by atoms with van der Waals surface area (Å²) >= 11 is 7.36. The fraction of sp³-hybridized carbons (Fsp3) is 0. The second-order valence-corrected chi connectivity index (χ2v) is 6.81. The van der Waals surface area contributed by atoms with Gasteiger partial charge in [0.05, 0.1) is 14.5 Å². The number of fused-ring (bicyclic) bond motifs is 1. The molecule has 0 saturated heterocycles. The monoisotopic (exact) mass is 384 g/mol. The lowest BCUT2D eigenvalue weighted by atomic mass is 10.2. The number of hydrogen-bond acceptors (Lipinski definition) is 6. The number of benzene rings is 2. The number of aromatic nitrogens is 3. The molecule has 0 radical (unpaired) electrons. The third-order valence-corrected chi connectivity index (χ3v) is 5.03. The summed E-state index contributed by atoms with van der Waals surface area (Å²) in [6, 6.07) is 13.1. The first kappa shape index (κ1) is 16.4. The molecule has 7 nitrogen and oxygen atoms in total. The molecule has 0 spiro atoms. The fourth-order valence-electron chi connectivity index (χ4n) is 2.56. The molecule has 0 fully saturated rings. The number of hydrogen-bond donors (Lipinski definition) is 0. The Labute approximate surface area is 155 Å². The van der Waals surface area contributed by atoms with E-state index in [9.17, 15) is 14.9 Å². The summed E-state index contributed by atoms with van der Waals surface area (Å²) in [4.78, 5) is 23.7. The van der Waals surface area contributed by atoms with Crippen LogP contribution in [0.5, 0.6) is 0 Å². The quantitative estimate of drug-likeness (QED) is 0.400. The average Bonchev–Trinajstić information content (AvgIpc) is 3.17. The Morgan fingerprint density at radius 2 is 1.96 bits per heavy atom. The summed E-state index contributed by atoms with van der Waals surface area (Å²) in [5.41, 5.74) is 0.842. The van der Waals surface area contributed by atoms with Crippen molar-refractivity contribution in [2.45, 2.75) is 0 Å². The normalized spacial score (nSPS) is 12.0. The molecule has 0 unspecified atom stereocenters. The van der Waals surface area contributed by atoms with E-state index in [4.69, 9.17) is 11.6 Å². The van der Waals surface area contributed by atoms with Crippen LogP contribution >= 0.6 is 22.9 Å². The highest BCUT2D eigenvalue weighted by atomic mass is 35.5. The number of rotatable bonds is 3. The van der Waals surface area contributed by atoms with Gasteiger partial charge in [0.25, 0.3) is 11.2 Å². The Hall–Kier alpha value is -3.10. The molecule has 2 heterocycles. The van der Waals surface area contributed by atoms with Crippen LogP contribution in [0, 0.1) is 10.1 Å². The van der Waals surface area contributed by atoms with Crippen molar-refractivity contribution in [1.82, 2.24) is 14.6 Å². The number of nitro benzene ring substituents is 1. The average molecular weight is 385 g/mol. The second-order valence-electron chi connectivity index (χ2n) is 5.39. The van der Waals surface area contributed by atoms with Crippen LogP contribution in [0.15, 0.2) is 53.3 Å². The highest BCUT2D eigenvalue weighted by molar-refractivity contribution is 7.15. The fourth-order valence-corrected chi connectivity index (χ4v) is 3.69. The van der Waals surface area contributed by atoms with Crippen LogP contribution in [0.3, 0.4) is 0 Å². The number of nitrogens with zero attached hydrogens (tertiary/aromatic N) is 4. The van der Waals surface area contributed by atoms with Crippen molar-refractivity contribution in [3.8, 4) is 11.4 Å². The lowest BCUT2D eigenvalue weighted by Gasteiger charge is -1.99. The van der Waals surface area contributed by atoms with Crippen LogP contribution < -0.4 is 10.1 Å². The van der Waals surface area contributed by atoms with Gasteiger partial charge in [0.15, 0.2) is 5.82 Å². The zero-order valence-corrected chi connectivity index (χ0v) is 14.6. The van der Waals surface area contributed by atoms with Gasteiger partial charge in [0, 0.05) is 17.7 Å². The maximum atomic E-state index is 12.8. The van der Waals surface area contributed by atoms with Gasteiger partial charge in [-0.05, 0) is 23.8 Å². The van der Waals surface area contributed by atoms with E-state index in [0.29, 0.717) is 31.5 Å². The van der Waals surface area contributed by atoms with Crippen LogP contribution in [-0.2, 0) is 0 Å². The van der Waals surface area contributed by atoms with E-state index in [0.717, 1.165) is 11.3 Å². The summed E-state index contributed by atoms with van der Waals surface area (Å²) in [5, 5.41) is 19.5. The first-order chi connectivity index (χ1) is 12.5. The minimum Gasteiger partial charge on any atom is -0.267 e. The van der Waals surface area contributed by atoms with Crippen molar-refractivity contribution in [3.63, 3.8) is 0 Å². The Morgan fingerprint density at radius 3 is 2.73 bits per heavy atom. The van der Waals surface area contributed by atoms with Crippen molar-refractivity contribution < 1.29 is 4.92 Å². The molecule has 2 aromatic carbocycles. The van der Waals surface area contributed by atoms with Gasteiger partial charge in [-0.3, -0.25) is 14.9 Å². The van der Waals surface area contributed by atoms with E-state index in [1.807, 2.05) is 0 Å². The van der Waals surface area contributed by atoms with Crippen molar-refractivity contribution in [2.75, 3.05) is 0 Å². The highest BCUT2D eigenvalue weighted by Crippen LogP contribution is 2.26. The third kappa shape index (κ3) is 2.75. The van der Waals surface area contributed by atoms with Crippen molar-refractivity contribution in [2.24, 2.45) is 0 Å². The van der Waals surface area contributed by atoms with Gasteiger partial charge in [-0.25, -0.2) is 4.40 Å². The van der Waals surface area contributed by atoms with Gasteiger partial charge < -0.3 is 0 Å². The molecule has 0 saturated carbocycles. The molecule has 0 aliphatic carbocycles. The first-order valence-corrected chi connectivity index (χ1v) is 8.63. The molecule has 2 aromatic heterocycles. The molecule has 0 N–H and O–H groups in total. The standard InChI is InChI=1S/C17H9ClN4O3S/c18-13-7-2-1-6-12(13)15-19-20-17-21(15)16(23)14(26-17)9-10-4-3-5-11(8-10)22(24)25/h1-9H. The molecule has 128 valence electrons. The molecular weight excluding hydrogens is 376 g/mol. The molecule has 26 heavy (non-hydrogen) atoms. The maximum absolute atomic E-state index is 12.8. The predicted octanol–water partition coefficient (Wildman–Crippen LogP) is 2.93. The van der Waals surface area contributed by atoms with E-state index in [1.165, 1.54) is 16.5 Å². The summed E-state index contributed by atoms with van der Waals surface area (Å²) in [5.74, 6) is 0.366. The van der Waals surface area contributed by atoms with Gasteiger partial charge in [0.2, 0.25) is 4.96 Å². The highest BCUT2D eigenvalue weighted by Gasteiger charge is 2.16. The van der Waals surface area contributed by atoms with Crippen LogP contribution in [0.25, 0.3) is 22.4 Å². The Bertz CT molecular complexity index is 1260. The molecule has 4 aromatic rings. The molecular formula is C17H9ClN4O3S. The lowest BCUT2D eigenvalue weighted by molar-refractivity contribution is -0.384. The topological polar surface area (TPSA) is 90.4 Å². The maximum Gasteiger partial charge on any atom is 0.276 e. The van der Waals surface area contributed by atoms with E-state index >= 15 is 0 Å². The smallest absolute Gasteiger partial charge is 0.267 e. The molecule has 0 aliphatic rings. The Morgan fingerprint density at radius 1 is 1.15 bits per heavy atom. The molecule has 9 heteroatoms. The minimum atomic E-state index is -0.476. The molecule has 0 atom stereocenters. The van der Waals surface area contributed by atoms with Crippen LogP contribution in [0.4, 0.5) is 5.69 Å². The van der Waals surface area contributed by atoms with Crippen LogP contribution in [0.2, 0.25) is 5.02 Å². The van der Waals surface area contributed by atoms with Crippen LogP contribution in [-0.4, -0.2) is 19.5 Å². The van der Waals surface area contributed by atoms with E-state index in [-0.39, 0.29) is 11.2 Å². The number of thiazole rings is 1. The number of halogens is 1. The number of nitro groups is 1. The largest absolute Gasteiger partial charge is 0.276 e. The molecule has 4 rings (SSSR count). The Kier molecular flexibility index (Phi) is 3.98. The molecule has 0 aliphatic heterocycles.